The van der Waals surface area contributed by atoms with Crippen molar-refractivity contribution in [1.29, 1.82) is 0 Å². The van der Waals surface area contributed by atoms with E-state index in [0.29, 0.717) is 33.2 Å². The molecule has 2 heterocycles. The number of anilines is 2. The molecule has 0 fully saturated rings. The largest absolute Gasteiger partial charge is 0.321 e. The van der Waals surface area contributed by atoms with Crippen molar-refractivity contribution in [3.8, 4) is 22.3 Å². The molecule has 63 heavy (non-hydrogen) atoms. The Morgan fingerprint density at radius 3 is 1.56 bits per heavy atom. The van der Waals surface area contributed by atoms with Gasteiger partial charge < -0.3 is 5.32 Å². The van der Waals surface area contributed by atoms with Crippen molar-refractivity contribution in [2.45, 2.75) is 53.6 Å². The third kappa shape index (κ3) is 12.9. The molecule has 3 amide bonds. The number of nitrogens with one attached hydrogen (secondary N) is 1. The Kier molecular flexibility index (Phi) is 17.8. The topological polar surface area (TPSA) is 119 Å². The smallest absolute Gasteiger partial charge is 0.282 e. The van der Waals surface area contributed by atoms with E-state index in [4.69, 9.17) is 46.4 Å². The second-order valence-electron chi connectivity index (χ2n) is 12.9. The molecule has 0 spiro atoms. The van der Waals surface area contributed by atoms with Gasteiger partial charge in [0.25, 0.3) is 24.7 Å². The SMILES string of the molecule is CC(=O)Cl.CCn1cc(C(=O)N(C(C)=O)c2ccc(F)cc2-c2ccc(Cl)c(Cl)c2)c(C(F)F)n1.CCn1cc(C(=O)Nc2ccc(F)cc2-c2ccc(Cl)c(Cl)c2)c(C(F)F)n1. The summed E-state index contributed by atoms with van der Waals surface area (Å²) in [6, 6.07) is 16.2. The number of rotatable bonds is 10. The summed E-state index contributed by atoms with van der Waals surface area (Å²) in [5.41, 5.74) is -0.427. The maximum absolute atomic E-state index is 14.1. The van der Waals surface area contributed by atoms with Crippen LogP contribution in [0.5, 0.6) is 0 Å². The van der Waals surface area contributed by atoms with E-state index in [9.17, 15) is 45.5 Å². The van der Waals surface area contributed by atoms with Crippen LogP contribution >= 0.6 is 58.0 Å². The molecule has 0 aliphatic heterocycles. The predicted molar refractivity (Wildman–Crippen MR) is 231 cm³/mol. The van der Waals surface area contributed by atoms with Crippen molar-refractivity contribution in [3.05, 3.63) is 139 Å². The molecule has 1 N–H and O–H groups in total. The lowest BCUT2D eigenvalue weighted by atomic mass is 10.0. The fourth-order valence-electron chi connectivity index (χ4n) is 5.72. The number of benzene rings is 4. The minimum absolute atomic E-state index is 0.00162. The quantitative estimate of drug-likeness (QED) is 0.108. The van der Waals surface area contributed by atoms with E-state index in [0.717, 1.165) is 31.3 Å². The summed E-state index contributed by atoms with van der Waals surface area (Å²) in [6.07, 6.45) is -3.53. The molecular formula is C42H33Cl5F6N6O4. The number of aryl methyl sites for hydroxylation is 2. The highest BCUT2D eigenvalue weighted by Gasteiger charge is 2.31. The van der Waals surface area contributed by atoms with E-state index < -0.39 is 59.2 Å². The van der Waals surface area contributed by atoms with E-state index in [-0.39, 0.29) is 49.4 Å². The third-order valence-corrected chi connectivity index (χ3v) is 10.0. The molecule has 0 unspecified atom stereocenters. The lowest BCUT2D eigenvalue weighted by Gasteiger charge is -2.22. The van der Waals surface area contributed by atoms with Gasteiger partial charge in [-0.15, -0.1) is 0 Å². The Hall–Kier alpha value is -5.39. The molecule has 10 nitrogen and oxygen atoms in total. The molecule has 0 aliphatic carbocycles. The van der Waals surface area contributed by atoms with Gasteiger partial charge in [0.15, 0.2) is 0 Å². The monoisotopic (exact) mass is 974 g/mol. The van der Waals surface area contributed by atoms with Crippen LogP contribution in [-0.2, 0) is 22.7 Å². The highest BCUT2D eigenvalue weighted by atomic mass is 35.5. The summed E-state index contributed by atoms with van der Waals surface area (Å²) in [4.78, 5) is 48.2. The van der Waals surface area contributed by atoms with Crippen LogP contribution in [0.3, 0.4) is 0 Å². The summed E-state index contributed by atoms with van der Waals surface area (Å²) in [5.74, 6) is -3.69. The van der Waals surface area contributed by atoms with Crippen LogP contribution in [0.25, 0.3) is 22.3 Å². The van der Waals surface area contributed by atoms with E-state index >= 15 is 0 Å². The summed E-state index contributed by atoms with van der Waals surface area (Å²) in [6.45, 7) is 6.36. The second kappa shape index (κ2) is 22.3. The molecule has 0 bridgehead atoms. The van der Waals surface area contributed by atoms with Crippen molar-refractivity contribution in [2.75, 3.05) is 10.2 Å². The van der Waals surface area contributed by atoms with Crippen LogP contribution < -0.4 is 10.2 Å². The van der Waals surface area contributed by atoms with Crippen molar-refractivity contribution in [1.82, 2.24) is 19.6 Å². The lowest BCUT2D eigenvalue weighted by Crippen LogP contribution is -2.36. The van der Waals surface area contributed by atoms with Crippen LogP contribution in [0.2, 0.25) is 20.1 Å². The number of alkyl halides is 4. The van der Waals surface area contributed by atoms with Gasteiger partial charge >= 0.3 is 0 Å². The van der Waals surface area contributed by atoms with Gasteiger partial charge in [-0.2, -0.15) is 10.2 Å². The Morgan fingerprint density at radius 2 is 1.10 bits per heavy atom. The molecule has 0 atom stereocenters. The Bertz CT molecular complexity index is 2660. The maximum Gasteiger partial charge on any atom is 0.282 e. The van der Waals surface area contributed by atoms with Crippen molar-refractivity contribution < 1.29 is 45.5 Å². The number of hydrogen-bond acceptors (Lipinski definition) is 6. The highest BCUT2D eigenvalue weighted by molar-refractivity contribution is 6.62. The lowest BCUT2D eigenvalue weighted by molar-refractivity contribution is -0.116. The van der Waals surface area contributed by atoms with Crippen molar-refractivity contribution >= 4 is 92.3 Å². The zero-order valence-electron chi connectivity index (χ0n) is 33.2. The first kappa shape index (κ1) is 50.3. The normalized spacial score (nSPS) is 10.8. The van der Waals surface area contributed by atoms with Crippen LogP contribution in [0.15, 0.2) is 85.2 Å². The molecule has 332 valence electrons. The minimum Gasteiger partial charge on any atom is -0.321 e. The Balaban J connectivity index is 0.000000256. The molecule has 0 radical (unpaired) electrons. The first-order valence-electron chi connectivity index (χ1n) is 18.2. The number of carbonyl (C=O) groups excluding carboxylic acids is 4. The van der Waals surface area contributed by atoms with Crippen LogP contribution in [0.4, 0.5) is 37.7 Å². The summed E-state index contributed by atoms with van der Waals surface area (Å²) >= 11 is 28.6. The molecule has 6 aromatic rings. The van der Waals surface area contributed by atoms with Crippen LogP contribution in [0.1, 0.15) is 72.6 Å². The fourth-order valence-corrected chi connectivity index (χ4v) is 6.31. The molecule has 0 saturated heterocycles. The minimum atomic E-state index is -3.02. The number of hydrogen-bond donors (Lipinski definition) is 1. The molecular weight excluding hydrogens is 944 g/mol. The van der Waals surface area contributed by atoms with Gasteiger partial charge in [0, 0.05) is 56.1 Å². The molecule has 4 aromatic carbocycles. The second-order valence-corrected chi connectivity index (χ2v) is 15.0. The molecule has 0 aliphatic rings. The average Bonchev–Trinajstić information content (AvgIpc) is 3.87. The van der Waals surface area contributed by atoms with Crippen LogP contribution in [-0.4, -0.2) is 42.5 Å². The predicted octanol–water partition coefficient (Wildman–Crippen LogP) is 13.1. The van der Waals surface area contributed by atoms with Crippen LogP contribution in [0, 0.1) is 11.6 Å². The number of nitrogens with zero attached hydrogens (tertiary/aromatic N) is 5. The Labute approximate surface area is 381 Å². The van der Waals surface area contributed by atoms with Crippen molar-refractivity contribution in [3.63, 3.8) is 0 Å². The average molecular weight is 977 g/mol. The van der Waals surface area contributed by atoms with E-state index in [2.05, 4.69) is 27.1 Å². The number of amides is 3. The number of halogens is 11. The Morgan fingerprint density at radius 1 is 0.651 bits per heavy atom. The van der Waals surface area contributed by atoms with E-state index in [1.807, 2.05) is 0 Å². The standard InChI is InChI=1S/C21H16Cl2F3N3O2.C19H14Cl2F3N3O.C2H3ClO/c1-3-28-10-15(19(27-28)20(25)26)21(31)29(11(2)30)18-7-5-13(24)9-14(18)12-4-6-16(22)17(23)8-12;1-2-27-9-13(17(26-27)18(23)24)19(28)25-16-6-4-11(22)8-12(16)10-3-5-14(20)15(21)7-10;1-2(3)4/h4-10,20H,3H2,1-2H3;3-9,18H,2H2,1H3,(H,25,28);1H3. The van der Waals surface area contributed by atoms with E-state index in [1.54, 1.807) is 19.9 Å². The van der Waals surface area contributed by atoms with Gasteiger partial charge in [-0.3, -0.25) is 28.5 Å². The number of imide groups is 1. The number of aromatic nitrogens is 4. The van der Waals surface area contributed by atoms with E-state index in [1.165, 1.54) is 71.0 Å². The molecule has 6 rings (SSSR count). The zero-order valence-corrected chi connectivity index (χ0v) is 37.0. The first-order valence-corrected chi connectivity index (χ1v) is 20.1. The summed E-state index contributed by atoms with van der Waals surface area (Å²) in [5, 5.41) is 10.6. The summed E-state index contributed by atoms with van der Waals surface area (Å²) in [7, 11) is 0. The van der Waals surface area contributed by atoms with Gasteiger partial charge in [-0.05, 0) is 97.2 Å². The molecule has 2 aromatic heterocycles. The molecule has 0 saturated carbocycles. The van der Waals surface area contributed by atoms with Gasteiger partial charge in [0.1, 0.15) is 23.0 Å². The maximum atomic E-state index is 14.1. The zero-order chi connectivity index (χ0) is 46.9. The van der Waals surface area contributed by atoms with Gasteiger partial charge in [-0.25, -0.2) is 31.2 Å². The fraction of sp³-hybridized carbons (Fsp3) is 0.190. The van der Waals surface area contributed by atoms with Gasteiger partial charge in [-0.1, -0.05) is 58.5 Å². The highest BCUT2D eigenvalue weighted by Crippen LogP contribution is 2.37. The van der Waals surface area contributed by atoms with Gasteiger partial charge in [0.05, 0.1) is 36.9 Å². The molecule has 21 heteroatoms. The third-order valence-electron chi connectivity index (χ3n) is 8.53. The van der Waals surface area contributed by atoms with Gasteiger partial charge in [0.2, 0.25) is 11.1 Å². The number of carbonyl (C=O) groups is 4. The van der Waals surface area contributed by atoms with Crippen molar-refractivity contribution in [2.24, 2.45) is 0 Å². The summed E-state index contributed by atoms with van der Waals surface area (Å²) < 4.78 is 83.7. The first-order chi connectivity index (χ1) is 29.7.